The molecule has 15 heavy (non-hydrogen) atoms. The van der Waals surface area contributed by atoms with Crippen LogP contribution in [0.25, 0.3) is 0 Å². The normalized spacial score (nSPS) is 13.8. The first-order chi connectivity index (χ1) is 7.00. The average Bonchev–Trinajstić information content (AvgIpc) is 2.42. The minimum atomic E-state index is -0.0949. The zero-order valence-corrected chi connectivity index (χ0v) is 8.92. The highest BCUT2D eigenvalue weighted by Gasteiger charge is 2.30. The van der Waals surface area contributed by atoms with Crippen LogP contribution >= 0.6 is 0 Å². The Labute approximate surface area is 88.0 Å². The van der Waals surface area contributed by atoms with Gasteiger partial charge in [0.25, 0.3) is 0 Å². The number of allylic oxidation sites excluding steroid dienone is 2. The van der Waals surface area contributed by atoms with Crippen LogP contribution in [0.3, 0.4) is 0 Å². The topological polar surface area (TPSA) is 46.5 Å². The maximum absolute atomic E-state index is 11.9. The minimum Gasteiger partial charge on any atom is -0.508 e. The van der Waals surface area contributed by atoms with Gasteiger partial charge < -0.3 is 9.84 Å². The molecule has 1 aromatic carbocycles. The van der Waals surface area contributed by atoms with Gasteiger partial charge in [-0.05, 0) is 38.0 Å². The standard InChI is InChI=1S/C12H12O3/c1-6(2)12-11(14)10-7(3)4-8(13)5-9(10)15-12/h4-5,13H,1-3H3. The summed E-state index contributed by atoms with van der Waals surface area (Å²) in [5.74, 6) is 0.851. The summed E-state index contributed by atoms with van der Waals surface area (Å²) >= 11 is 0. The van der Waals surface area contributed by atoms with Gasteiger partial charge in [0.2, 0.25) is 5.78 Å². The predicted octanol–water partition coefficient (Wildman–Crippen LogP) is 2.57. The lowest BCUT2D eigenvalue weighted by atomic mass is 10.0. The van der Waals surface area contributed by atoms with Crippen molar-refractivity contribution in [3.05, 3.63) is 34.6 Å². The number of carbonyl (C=O) groups excluding carboxylic acids is 1. The van der Waals surface area contributed by atoms with Gasteiger partial charge in [-0.2, -0.15) is 0 Å². The monoisotopic (exact) mass is 204 g/mol. The summed E-state index contributed by atoms with van der Waals surface area (Å²) in [7, 11) is 0. The molecule has 0 atom stereocenters. The molecule has 3 nitrogen and oxygen atoms in total. The van der Waals surface area contributed by atoms with Gasteiger partial charge in [0.1, 0.15) is 11.5 Å². The molecule has 1 aromatic rings. The molecule has 0 fully saturated rings. The molecule has 1 heterocycles. The van der Waals surface area contributed by atoms with Crippen molar-refractivity contribution in [1.29, 1.82) is 0 Å². The number of phenolic OH excluding ortho intramolecular Hbond substituents is 1. The Morgan fingerprint density at radius 1 is 1.33 bits per heavy atom. The van der Waals surface area contributed by atoms with Gasteiger partial charge in [-0.3, -0.25) is 4.79 Å². The van der Waals surface area contributed by atoms with E-state index in [2.05, 4.69) is 0 Å². The van der Waals surface area contributed by atoms with E-state index in [1.165, 1.54) is 6.07 Å². The molecule has 0 unspecified atom stereocenters. The van der Waals surface area contributed by atoms with Crippen molar-refractivity contribution in [2.45, 2.75) is 20.8 Å². The van der Waals surface area contributed by atoms with E-state index >= 15 is 0 Å². The third-order valence-corrected chi connectivity index (χ3v) is 2.38. The summed E-state index contributed by atoms with van der Waals surface area (Å²) in [6.07, 6.45) is 0. The van der Waals surface area contributed by atoms with Crippen molar-refractivity contribution >= 4 is 5.78 Å². The number of ether oxygens (including phenoxy) is 1. The van der Waals surface area contributed by atoms with Crippen molar-refractivity contribution in [3.8, 4) is 11.5 Å². The van der Waals surface area contributed by atoms with Crippen molar-refractivity contribution in [1.82, 2.24) is 0 Å². The third-order valence-electron chi connectivity index (χ3n) is 2.38. The number of hydrogen-bond acceptors (Lipinski definition) is 3. The largest absolute Gasteiger partial charge is 0.508 e. The SMILES string of the molecule is CC(C)=C1Oc2cc(O)cc(C)c2C1=O. The second-order valence-corrected chi connectivity index (χ2v) is 3.90. The Kier molecular flexibility index (Phi) is 2.03. The summed E-state index contributed by atoms with van der Waals surface area (Å²) in [6, 6.07) is 3.03. The highest BCUT2D eigenvalue weighted by Crippen LogP contribution is 2.37. The second-order valence-electron chi connectivity index (χ2n) is 3.90. The summed E-state index contributed by atoms with van der Waals surface area (Å²) in [5, 5.41) is 9.38. The second kappa shape index (κ2) is 3.12. The predicted molar refractivity (Wildman–Crippen MR) is 56.2 cm³/mol. The highest BCUT2D eigenvalue weighted by molar-refractivity contribution is 6.13. The van der Waals surface area contributed by atoms with Crippen LogP contribution in [0.1, 0.15) is 29.8 Å². The first-order valence-electron chi connectivity index (χ1n) is 4.74. The van der Waals surface area contributed by atoms with Crippen LogP contribution in [0.5, 0.6) is 11.5 Å². The van der Waals surface area contributed by atoms with E-state index in [4.69, 9.17) is 4.74 Å². The zero-order chi connectivity index (χ0) is 11.2. The maximum Gasteiger partial charge on any atom is 0.232 e. The molecule has 1 aliphatic heterocycles. The van der Waals surface area contributed by atoms with Crippen LogP contribution in [0.2, 0.25) is 0 Å². The number of benzene rings is 1. The van der Waals surface area contributed by atoms with E-state index in [-0.39, 0.29) is 11.5 Å². The van der Waals surface area contributed by atoms with Crippen LogP contribution in [0, 0.1) is 6.92 Å². The molecule has 3 heteroatoms. The molecular weight excluding hydrogens is 192 g/mol. The van der Waals surface area contributed by atoms with Gasteiger partial charge in [0, 0.05) is 6.07 Å². The zero-order valence-electron chi connectivity index (χ0n) is 8.92. The molecule has 1 aliphatic rings. The van der Waals surface area contributed by atoms with Crippen LogP contribution < -0.4 is 4.74 Å². The van der Waals surface area contributed by atoms with E-state index in [9.17, 15) is 9.90 Å². The van der Waals surface area contributed by atoms with Crippen LogP contribution in [0.4, 0.5) is 0 Å². The fourth-order valence-electron chi connectivity index (χ4n) is 1.71. The molecular formula is C12H12O3. The molecule has 0 saturated carbocycles. The summed E-state index contributed by atoms with van der Waals surface area (Å²) in [6.45, 7) is 5.44. The Bertz CT molecular complexity index is 480. The lowest BCUT2D eigenvalue weighted by Gasteiger charge is -2.01. The number of Topliss-reactive ketones (excluding diaryl/α,β-unsaturated/α-hetero) is 1. The van der Waals surface area contributed by atoms with Gasteiger partial charge in [0.05, 0.1) is 5.56 Å². The van der Waals surface area contributed by atoms with Crippen molar-refractivity contribution in [3.63, 3.8) is 0 Å². The maximum atomic E-state index is 11.9. The molecule has 0 radical (unpaired) electrons. The molecule has 0 amide bonds. The van der Waals surface area contributed by atoms with E-state index in [1.807, 2.05) is 13.8 Å². The summed E-state index contributed by atoms with van der Waals surface area (Å²) < 4.78 is 5.41. The quantitative estimate of drug-likeness (QED) is 0.660. The van der Waals surface area contributed by atoms with Crippen LogP contribution in [-0.2, 0) is 0 Å². The van der Waals surface area contributed by atoms with Gasteiger partial charge >= 0.3 is 0 Å². The fourth-order valence-corrected chi connectivity index (χ4v) is 1.71. The molecule has 0 aliphatic carbocycles. The molecule has 1 N–H and O–H groups in total. The lowest BCUT2D eigenvalue weighted by molar-refractivity contribution is 0.101. The van der Waals surface area contributed by atoms with Crippen molar-refractivity contribution in [2.24, 2.45) is 0 Å². The van der Waals surface area contributed by atoms with Crippen LogP contribution in [-0.4, -0.2) is 10.9 Å². The number of aromatic hydroxyl groups is 1. The van der Waals surface area contributed by atoms with Gasteiger partial charge in [0.15, 0.2) is 5.76 Å². The smallest absolute Gasteiger partial charge is 0.232 e. The van der Waals surface area contributed by atoms with Crippen molar-refractivity contribution in [2.75, 3.05) is 0 Å². The lowest BCUT2D eigenvalue weighted by Crippen LogP contribution is -2.01. The Morgan fingerprint density at radius 2 is 2.00 bits per heavy atom. The first kappa shape index (κ1) is 9.77. The number of carbonyl (C=O) groups is 1. The highest BCUT2D eigenvalue weighted by atomic mass is 16.5. The molecule has 2 rings (SSSR count). The van der Waals surface area contributed by atoms with E-state index in [0.29, 0.717) is 17.1 Å². The Morgan fingerprint density at radius 3 is 2.60 bits per heavy atom. The third kappa shape index (κ3) is 1.40. The molecule has 0 spiro atoms. The molecule has 78 valence electrons. The average molecular weight is 204 g/mol. The number of rotatable bonds is 0. The first-order valence-corrected chi connectivity index (χ1v) is 4.74. The van der Waals surface area contributed by atoms with E-state index in [0.717, 1.165) is 11.1 Å². The molecule has 0 saturated heterocycles. The molecule has 0 bridgehead atoms. The van der Waals surface area contributed by atoms with Crippen LogP contribution in [0.15, 0.2) is 23.5 Å². The minimum absolute atomic E-state index is 0.0949. The summed E-state index contributed by atoms with van der Waals surface area (Å²) in [5.41, 5.74) is 2.14. The number of aryl methyl sites for hydroxylation is 1. The number of ketones is 1. The number of fused-ring (bicyclic) bond motifs is 1. The molecule has 0 aromatic heterocycles. The Hall–Kier alpha value is -1.77. The fraction of sp³-hybridized carbons (Fsp3) is 0.250. The number of phenols is 1. The van der Waals surface area contributed by atoms with Crippen molar-refractivity contribution < 1.29 is 14.6 Å². The van der Waals surface area contributed by atoms with E-state index in [1.54, 1.807) is 13.0 Å². The van der Waals surface area contributed by atoms with Gasteiger partial charge in [-0.25, -0.2) is 0 Å². The summed E-state index contributed by atoms with van der Waals surface area (Å²) in [4.78, 5) is 11.9. The number of hydrogen-bond donors (Lipinski definition) is 1. The van der Waals surface area contributed by atoms with Gasteiger partial charge in [-0.15, -0.1) is 0 Å². The Balaban J connectivity index is 2.65. The van der Waals surface area contributed by atoms with Gasteiger partial charge in [-0.1, -0.05) is 0 Å². The van der Waals surface area contributed by atoms with E-state index < -0.39 is 0 Å².